The minimum Gasteiger partial charge on any atom is -0.308 e. The van der Waals surface area contributed by atoms with Gasteiger partial charge in [-0.25, -0.2) is 4.39 Å². The molecular weight excluding hydrogens is 321 g/mol. The third kappa shape index (κ3) is 4.08. The topological polar surface area (TPSA) is 37.8 Å². The first-order valence-corrected chi connectivity index (χ1v) is 7.43. The van der Waals surface area contributed by atoms with Gasteiger partial charge in [-0.15, -0.1) is 0 Å². The van der Waals surface area contributed by atoms with E-state index in [2.05, 4.69) is 38.1 Å². The summed E-state index contributed by atoms with van der Waals surface area (Å²) in [7, 11) is 0. The highest BCUT2D eigenvalue weighted by atomic mass is 79.9. The fourth-order valence-electron chi connectivity index (χ4n) is 2.00. The van der Waals surface area contributed by atoms with Gasteiger partial charge in [0.05, 0.1) is 11.7 Å². The molecular formula is C15H17BrFN3. The summed E-state index contributed by atoms with van der Waals surface area (Å²) in [6.45, 7) is 2.96. The van der Waals surface area contributed by atoms with E-state index in [-0.39, 0.29) is 11.9 Å². The maximum atomic E-state index is 14.0. The molecule has 1 aromatic heterocycles. The SMILES string of the molecule is CCCNC(Cc1ccc(Br)cc1F)c1cnccn1. The third-order valence-corrected chi connectivity index (χ3v) is 3.51. The van der Waals surface area contributed by atoms with Crippen LogP contribution in [0, 0.1) is 5.82 Å². The van der Waals surface area contributed by atoms with Crippen molar-refractivity contribution in [2.45, 2.75) is 25.8 Å². The molecule has 0 saturated carbocycles. The fraction of sp³-hybridized carbons (Fsp3) is 0.333. The van der Waals surface area contributed by atoms with Crippen molar-refractivity contribution in [2.24, 2.45) is 0 Å². The van der Waals surface area contributed by atoms with E-state index in [0.29, 0.717) is 12.0 Å². The van der Waals surface area contributed by atoms with E-state index in [1.165, 1.54) is 6.07 Å². The van der Waals surface area contributed by atoms with Crippen LogP contribution in [0.25, 0.3) is 0 Å². The molecule has 2 aromatic rings. The van der Waals surface area contributed by atoms with Gasteiger partial charge in [0.1, 0.15) is 5.82 Å². The van der Waals surface area contributed by atoms with E-state index in [1.54, 1.807) is 24.7 Å². The summed E-state index contributed by atoms with van der Waals surface area (Å²) in [6, 6.07) is 5.12. The van der Waals surface area contributed by atoms with Crippen LogP contribution < -0.4 is 5.32 Å². The molecule has 0 fully saturated rings. The van der Waals surface area contributed by atoms with Gasteiger partial charge in [-0.2, -0.15) is 0 Å². The third-order valence-electron chi connectivity index (χ3n) is 3.02. The molecule has 106 valence electrons. The Balaban J connectivity index is 2.19. The number of hydrogen-bond donors (Lipinski definition) is 1. The van der Waals surface area contributed by atoms with Crippen molar-refractivity contribution < 1.29 is 4.39 Å². The number of halogens is 2. The van der Waals surface area contributed by atoms with Gasteiger partial charge >= 0.3 is 0 Å². The van der Waals surface area contributed by atoms with Gasteiger partial charge in [0, 0.05) is 23.1 Å². The minimum absolute atomic E-state index is 0.0284. The van der Waals surface area contributed by atoms with Crippen LogP contribution in [0.5, 0.6) is 0 Å². The van der Waals surface area contributed by atoms with Crippen LogP contribution in [0.1, 0.15) is 30.6 Å². The second-order valence-electron chi connectivity index (χ2n) is 4.58. The number of aromatic nitrogens is 2. The average molecular weight is 338 g/mol. The molecule has 0 radical (unpaired) electrons. The molecule has 3 nitrogen and oxygen atoms in total. The molecule has 20 heavy (non-hydrogen) atoms. The Hall–Kier alpha value is -1.33. The van der Waals surface area contributed by atoms with Crippen LogP contribution in [0.2, 0.25) is 0 Å². The summed E-state index contributed by atoms with van der Waals surface area (Å²) >= 11 is 3.27. The molecule has 1 heterocycles. The molecule has 1 aromatic carbocycles. The second kappa shape index (κ2) is 7.45. The van der Waals surface area contributed by atoms with Crippen LogP contribution in [-0.4, -0.2) is 16.5 Å². The van der Waals surface area contributed by atoms with Crippen molar-refractivity contribution in [3.8, 4) is 0 Å². The number of hydrogen-bond acceptors (Lipinski definition) is 3. The van der Waals surface area contributed by atoms with Crippen LogP contribution in [-0.2, 0) is 6.42 Å². The van der Waals surface area contributed by atoms with Crippen LogP contribution in [0.4, 0.5) is 4.39 Å². The van der Waals surface area contributed by atoms with Gasteiger partial charge < -0.3 is 5.32 Å². The van der Waals surface area contributed by atoms with Crippen LogP contribution in [0.15, 0.2) is 41.3 Å². The van der Waals surface area contributed by atoms with Gasteiger partial charge in [0.25, 0.3) is 0 Å². The fourth-order valence-corrected chi connectivity index (χ4v) is 2.33. The predicted molar refractivity (Wildman–Crippen MR) is 80.9 cm³/mol. The smallest absolute Gasteiger partial charge is 0.127 e. The zero-order valence-electron chi connectivity index (χ0n) is 11.3. The van der Waals surface area contributed by atoms with E-state index < -0.39 is 0 Å². The van der Waals surface area contributed by atoms with E-state index in [1.807, 2.05) is 6.07 Å². The Labute approximate surface area is 126 Å². The van der Waals surface area contributed by atoms with Crippen LogP contribution >= 0.6 is 15.9 Å². The van der Waals surface area contributed by atoms with Gasteiger partial charge in [0.15, 0.2) is 0 Å². The Bertz CT molecular complexity index is 548. The number of rotatable bonds is 6. The van der Waals surface area contributed by atoms with Gasteiger partial charge in [-0.1, -0.05) is 28.9 Å². The van der Waals surface area contributed by atoms with Gasteiger partial charge in [0.2, 0.25) is 0 Å². The highest BCUT2D eigenvalue weighted by Gasteiger charge is 2.15. The molecule has 0 amide bonds. The molecule has 0 bridgehead atoms. The summed E-state index contributed by atoms with van der Waals surface area (Å²) < 4.78 is 14.7. The maximum Gasteiger partial charge on any atom is 0.127 e. The summed E-state index contributed by atoms with van der Waals surface area (Å²) in [5, 5.41) is 3.40. The molecule has 1 atom stereocenters. The molecule has 0 saturated heterocycles. The second-order valence-corrected chi connectivity index (χ2v) is 5.49. The Kier molecular flexibility index (Phi) is 5.61. The van der Waals surface area contributed by atoms with Crippen molar-refractivity contribution in [3.63, 3.8) is 0 Å². The number of benzene rings is 1. The zero-order valence-corrected chi connectivity index (χ0v) is 12.9. The van der Waals surface area contributed by atoms with Crippen molar-refractivity contribution >= 4 is 15.9 Å². The Morgan fingerprint density at radius 1 is 1.35 bits per heavy atom. The van der Waals surface area contributed by atoms with E-state index in [0.717, 1.165) is 23.1 Å². The van der Waals surface area contributed by atoms with E-state index >= 15 is 0 Å². The van der Waals surface area contributed by atoms with Gasteiger partial charge in [-0.05, 0) is 37.1 Å². The Morgan fingerprint density at radius 3 is 2.85 bits per heavy atom. The molecule has 0 aliphatic rings. The highest BCUT2D eigenvalue weighted by molar-refractivity contribution is 9.10. The lowest BCUT2D eigenvalue weighted by Gasteiger charge is -2.18. The van der Waals surface area contributed by atoms with Gasteiger partial charge in [-0.3, -0.25) is 9.97 Å². The first-order chi connectivity index (χ1) is 9.70. The lowest BCUT2D eigenvalue weighted by Crippen LogP contribution is -2.25. The van der Waals surface area contributed by atoms with Crippen molar-refractivity contribution in [1.29, 1.82) is 0 Å². The number of nitrogens with one attached hydrogen (secondary N) is 1. The summed E-state index contributed by atoms with van der Waals surface area (Å²) in [6.07, 6.45) is 6.59. The van der Waals surface area contributed by atoms with Crippen molar-refractivity contribution in [2.75, 3.05) is 6.54 Å². The Morgan fingerprint density at radius 2 is 2.20 bits per heavy atom. The first-order valence-electron chi connectivity index (χ1n) is 6.64. The number of nitrogens with zero attached hydrogens (tertiary/aromatic N) is 2. The van der Waals surface area contributed by atoms with E-state index in [9.17, 15) is 4.39 Å². The lowest BCUT2D eigenvalue weighted by molar-refractivity contribution is 0.502. The normalized spacial score (nSPS) is 12.3. The van der Waals surface area contributed by atoms with Crippen molar-refractivity contribution in [3.05, 3.63) is 58.3 Å². The molecule has 1 unspecified atom stereocenters. The minimum atomic E-state index is -0.202. The molecule has 0 aliphatic carbocycles. The summed E-state index contributed by atoms with van der Waals surface area (Å²) in [5.74, 6) is -0.202. The molecule has 5 heteroatoms. The zero-order chi connectivity index (χ0) is 14.4. The molecule has 0 spiro atoms. The lowest BCUT2D eigenvalue weighted by atomic mass is 10.0. The van der Waals surface area contributed by atoms with Crippen molar-refractivity contribution in [1.82, 2.24) is 15.3 Å². The largest absolute Gasteiger partial charge is 0.308 e. The average Bonchev–Trinajstić information content (AvgIpc) is 2.46. The molecule has 0 aliphatic heterocycles. The predicted octanol–water partition coefficient (Wildman–Crippen LogP) is 3.66. The maximum absolute atomic E-state index is 14.0. The van der Waals surface area contributed by atoms with Crippen LogP contribution in [0.3, 0.4) is 0 Å². The monoisotopic (exact) mass is 337 g/mol. The standard InChI is InChI=1S/C15H17BrFN3/c1-2-5-19-14(15-10-18-6-7-20-15)8-11-3-4-12(16)9-13(11)17/h3-4,6-7,9-10,14,19H,2,5,8H2,1H3. The first kappa shape index (κ1) is 15.1. The van der Waals surface area contributed by atoms with E-state index in [4.69, 9.17) is 0 Å². The molecule has 1 N–H and O–H groups in total. The molecule has 2 rings (SSSR count). The summed E-state index contributed by atoms with van der Waals surface area (Å²) in [4.78, 5) is 8.41. The summed E-state index contributed by atoms with van der Waals surface area (Å²) in [5.41, 5.74) is 1.51. The quantitative estimate of drug-likeness (QED) is 0.873. The highest BCUT2D eigenvalue weighted by Crippen LogP contribution is 2.21.